The van der Waals surface area contributed by atoms with Gasteiger partial charge in [-0.15, -0.1) is 0 Å². The Morgan fingerprint density at radius 1 is 1.38 bits per heavy atom. The van der Waals surface area contributed by atoms with Crippen molar-refractivity contribution < 1.29 is 9.90 Å². The van der Waals surface area contributed by atoms with Gasteiger partial charge in [-0.3, -0.25) is 9.69 Å². The van der Waals surface area contributed by atoms with Crippen molar-refractivity contribution in [2.24, 2.45) is 5.92 Å². The van der Waals surface area contributed by atoms with Crippen molar-refractivity contribution >= 4 is 5.97 Å². The van der Waals surface area contributed by atoms with Gasteiger partial charge in [0.05, 0.1) is 0 Å². The number of hydrogen-bond donors (Lipinski definition) is 2. The highest BCUT2D eigenvalue weighted by molar-refractivity contribution is 5.73. The summed E-state index contributed by atoms with van der Waals surface area (Å²) in [6.45, 7) is 7.40. The average Bonchev–Trinajstić information content (AvgIpc) is 2.04. The largest absolute Gasteiger partial charge is 0.480 e. The quantitative estimate of drug-likeness (QED) is 0.651. The first-order chi connectivity index (χ1) is 6.13. The summed E-state index contributed by atoms with van der Waals surface area (Å²) in [6.07, 6.45) is 0. The molecule has 0 saturated carbocycles. The molecular weight excluding hydrogens is 168 g/mol. The first-order valence-electron chi connectivity index (χ1n) is 4.80. The molecule has 1 rings (SSSR count). The van der Waals surface area contributed by atoms with Gasteiger partial charge < -0.3 is 10.4 Å². The van der Waals surface area contributed by atoms with E-state index in [9.17, 15) is 4.79 Å². The maximum absolute atomic E-state index is 11.0. The summed E-state index contributed by atoms with van der Waals surface area (Å²) < 4.78 is 0. The molecule has 0 amide bonds. The molecule has 13 heavy (non-hydrogen) atoms. The van der Waals surface area contributed by atoms with E-state index in [0.29, 0.717) is 0 Å². The predicted molar refractivity (Wildman–Crippen MR) is 50.7 cm³/mol. The molecule has 1 fully saturated rings. The molecule has 4 heteroatoms. The van der Waals surface area contributed by atoms with E-state index in [2.05, 4.69) is 5.32 Å². The van der Waals surface area contributed by atoms with E-state index >= 15 is 0 Å². The Morgan fingerprint density at radius 3 is 2.31 bits per heavy atom. The van der Waals surface area contributed by atoms with E-state index in [1.165, 1.54) is 0 Å². The molecule has 1 aliphatic heterocycles. The Balaban J connectivity index is 2.57. The summed E-state index contributed by atoms with van der Waals surface area (Å²) in [5.74, 6) is -0.521. The highest BCUT2D eigenvalue weighted by atomic mass is 16.4. The lowest BCUT2D eigenvalue weighted by atomic mass is 10.0. The zero-order chi connectivity index (χ0) is 9.84. The number of carboxylic acids is 1. The smallest absolute Gasteiger partial charge is 0.321 e. The van der Waals surface area contributed by atoms with Crippen molar-refractivity contribution in [1.82, 2.24) is 10.2 Å². The third-order valence-corrected chi connectivity index (χ3v) is 2.43. The molecule has 0 aromatic rings. The van der Waals surface area contributed by atoms with Gasteiger partial charge in [0, 0.05) is 26.2 Å². The second-order valence-corrected chi connectivity index (χ2v) is 3.81. The van der Waals surface area contributed by atoms with Crippen LogP contribution < -0.4 is 5.32 Å². The predicted octanol–water partition coefficient (Wildman–Crippen LogP) is 0.000800. The van der Waals surface area contributed by atoms with Gasteiger partial charge in [-0.2, -0.15) is 0 Å². The van der Waals surface area contributed by atoms with Crippen LogP contribution in [0, 0.1) is 5.92 Å². The van der Waals surface area contributed by atoms with Crippen molar-refractivity contribution in [3.05, 3.63) is 0 Å². The zero-order valence-corrected chi connectivity index (χ0v) is 8.29. The molecule has 4 nitrogen and oxygen atoms in total. The minimum absolute atomic E-state index is 0.176. The van der Waals surface area contributed by atoms with Gasteiger partial charge in [0.15, 0.2) is 0 Å². The molecule has 2 N–H and O–H groups in total. The molecule has 0 bridgehead atoms. The molecule has 76 valence electrons. The van der Waals surface area contributed by atoms with Gasteiger partial charge in [0.2, 0.25) is 0 Å². The van der Waals surface area contributed by atoms with E-state index in [0.717, 1.165) is 26.2 Å². The van der Waals surface area contributed by atoms with E-state index < -0.39 is 5.97 Å². The zero-order valence-electron chi connectivity index (χ0n) is 8.29. The number of carbonyl (C=O) groups is 1. The molecule has 0 aromatic carbocycles. The molecule has 0 spiro atoms. The van der Waals surface area contributed by atoms with Crippen LogP contribution in [0.3, 0.4) is 0 Å². The van der Waals surface area contributed by atoms with Crippen molar-refractivity contribution in [2.75, 3.05) is 26.2 Å². The van der Waals surface area contributed by atoms with Crippen molar-refractivity contribution in [3.63, 3.8) is 0 Å². The van der Waals surface area contributed by atoms with Crippen LogP contribution in [-0.4, -0.2) is 48.2 Å². The fourth-order valence-electron chi connectivity index (χ4n) is 1.82. The van der Waals surface area contributed by atoms with Crippen molar-refractivity contribution in [3.8, 4) is 0 Å². The van der Waals surface area contributed by atoms with Crippen LogP contribution in [0.4, 0.5) is 0 Å². The Morgan fingerprint density at radius 2 is 1.92 bits per heavy atom. The van der Waals surface area contributed by atoms with E-state index in [4.69, 9.17) is 5.11 Å². The van der Waals surface area contributed by atoms with Gasteiger partial charge >= 0.3 is 5.97 Å². The fourth-order valence-corrected chi connectivity index (χ4v) is 1.82. The van der Waals surface area contributed by atoms with Gasteiger partial charge in [-0.1, -0.05) is 13.8 Å². The number of rotatable bonds is 3. The van der Waals surface area contributed by atoms with Crippen LogP contribution in [0.2, 0.25) is 0 Å². The first-order valence-corrected chi connectivity index (χ1v) is 4.80. The second kappa shape index (κ2) is 4.58. The van der Waals surface area contributed by atoms with E-state index in [-0.39, 0.29) is 12.0 Å². The number of nitrogens with zero attached hydrogens (tertiary/aromatic N) is 1. The summed E-state index contributed by atoms with van der Waals surface area (Å²) >= 11 is 0. The lowest BCUT2D eigenvalue weighted by Gasteiger charge is -2.34. The van der Waals surface area contributed by atoms with Crippen LogP contribution in [-0.2, 0) is 4.79 Å². The van der Waals surface area contributed by atoms with Gasteiger partial charge in [0.25, 0.3) is 0 Å². The summed E-state index contributed by atoms with van der Waals surface area (Å²) in [5.41, 5.74) is 0. The first kappa shape index (κ1) is 10.5. The SMILES string of the molecule is CC(C)[C@@H](C(=O)O)N1CCNCC1. The molecule has 0 unspecified atom stereocenters. The van der Waals surface area contributed by atoms with Crippen LogP contribution in [0.5, 0.6) is 0 Å². The number of nitrogens with one attached hydrogen (secondary N) is 1. The lowest BCUT2D eigenvalue weighted by molar-refractivity contribution is -0.145. The minimum atomic E-state index is -0.697. The molecule has 0 radical (unpaired) electrons. The Kier molecular flexibility index (Phi) is 3.69. The molecule has 0 aromatic heterocycles. The lowest BCUT2D eigenvalue weighted by Crippen LogP contribution is -2.53. The number of aliphatic carboxylic acids is 1. The van der Waals surface area contributed by atoms with E-state index in [1.807, 2.05) is 18.7 Å². The number of hydrogen-bond acceptors (Lipinski definition) is 3. The standard InChI is InChI=1S/C9H18N2O2/c1-7(2)8(9(12)13)11-5-3-10-4-6-11/h7-8,10H,3-6H2,1-2H3,(H,12,13)/t8-/m0/s1. The normalized spacial score (nSPS) is 21.8. The molecule has 1 aliphatic rings. The Labute approximate surface area is 78.9 Å². The highest BCUT2D eigenvalue weighted by Gasteiger charge is 2.29. The highest BCUT2D eigenvalue weighted by Crippen LogP contribution is 2.11. The number of piperazine rings is 1. The van der Waals surface area contributed by atoms with E-state index in [1.54, 1.807) is 0 Å². The molecular formula is C9H18N2O2. The van der Waals surface area contributed by atoms with Crippen LogP contribution in [0.25, 0.3) is 0 Å². The maximum Gasteiger partial charge on any atom is 0.321 e. The van der Waals surface area contributed by atoms with Gasteiger partial charge in [0.1, 0.15) is 6.04 Å². The fraction of sp³-hybridized carbons (Fsp3) is 0.889. The maximum atomic E-state index is 11.0. The summed E-state index contributed by atoms with van der Waals surface area (Å²) in [7, 11) is 0. The molecule has 1 saturated heterocycles. The third-order valence-electron chi connectivity index (χ3n) is 2.43. The van der Waals surface area contributed by atoms with Crippen molar-refractivity contribution in [2.45, 2.75) is 19.9 Å². The minimum Gasteiger partial charge on any atom is -0.480 e. The summed E-state index contributed by atoms with van der Waals surface area (Å²) in [6, 6.07) is -0.318. The van der Waals surface area contributed by atoms with Gasteiger partial charge in [-0.25, -0.2) is 0 Å². The molecule has 0 aliphatic carbocycles. The molecule has 1 heterocycles. The monoisotopic (exact) mass is 186 g/mol. The molecule has 1 atom stereocenters. The van der Waals surface area contributed by atoms with Crippen LogP contribution in [0.15, 0.2) is 0 Å². The number of carboxylic acid groups (broad SMARTS) is 1. The van der Waals surface area contributed by atoms with Crippen LogP contribution >= 0.6 is 0 Å². The van der Waals surface area contributed by atoms with Crippen LogP contribution in [0.1, 0.15) is 13.8 Å². The summed E-state index contributed by atoms with van der Waals surface area (Å²) in [4.78, 5) is 13.0. The Bertz CT molecular complexity index is 176. The van der Waals surface area contributed by atoms with Crippen molar-refractivity contribution in [1.29, 1.82) is 0 Å². The average molecular weight is 186 g/mol. The Hall–Kier alpha value is -0.610. The second-order valence-electron chi connectivity index (χ2n) is 3.81. The van der Waals surface area contributed by atoms with Gasteiger partial charge in [-0.05, 0) is 5.92 Å². The third kappa shape index (κ3) is 2.67. The topological polar surface area (TPSA) is 52.6 Å². The summed E-state index contributed by atoms with van der Waals surface area (Å²) in [5, 5.41) is 12.2.